The maximum absolute atomic E-state index is 11.9. The number of ether oxygens (including phenoxy) is 1. The van der Waals surface area contributed by atoms with Gasteiger partial charge in [-0.3, -0.25) is 0 Å². The molecule has 0 saturated heterocycles. The molecule has 3 N–H and O–H groups in total. The molecule has 0 amide bonds. The number of anilines is 2. The number of hydrogen-bond acceptors (Lipinski definition) is 5. The van der Waals surface area contributed by atoms with Gasteiger partial charge >= 0.3 is 5.97 Å². The van der Waals surface area contributed by atoms with Crippen molar-refractivity contribution in [3.8, 4) is 0 Å². The Labute approximate surface area is 111 Å². The molecule has 5 heteroatoms. The fourth-order valence-corrected chi connectivity index (χ4v) is 1.72. The van der Waals surface area contributed by atoms with E-state index in [4.69, 9.17) is 10.5 Å². The Hall–Kier alpha value is -2.56. The van der Waals surface area contributed by atoms with Gasteiger partial charge in [0.15, 0.2) is 6.04 Å². The van der Waals surface area contributed by atoms with E-state index in [2.05, 4.69) is 10.3 Å². The number of methoxy groups -OCH3 is 1. The minimum absolute atomic E-state index is 0.392. The molecule has 1 unspecified atom stereocenters. The number of nitrogens with zero attached hydrogens (tertiary/aromatic N) is 1. The van der Waals surface area contributed by atoms with Gasteiger partial charge in [-0.05, 0) is 17.7 Å². The summed E-state index contributed by atoms with van der Waals surface area (Å²) < 4.78 is 4.81. The zero-order chi connectivity index (χ0) is 13.7. The van der Waals surface area contributed by atoms with Crippen molar-refractivity contribution < 1.29 is 9.53 Å². The Bertz CT molecular complexity index is 558. The third kappa shape index (κ3) is 3.01. The third-order valence-corrected chi connectivity index (χ3v) is 2.69. The Balaban J connectivity index is 2.30. The first-order chi connectivity index (χ1) is 9.22. The molecule has 1 heterocycles. The van der Waals surface area contributed by atoms with Gasteiger partial charge in [-0.1, -0.05) is 30.3 Å². The van der Waals surface area contributed by atoms with Crippen LogP contribution in [0.4, 0.5) is 11.5 Å². The molecule has 0 spiro atoms. The van der Waals surface area contributed by atoms with E-state index >= 15 is 0 Å². The van der Waals surface area contributed by atoms with Gasteiger partial charge in [0.05, 0.1) is 12.8 Å². The summed E-state index contributed by atoms with van der Waals surface area (Å²) in [5.74, 6) is 0.0676. The first kappa shape index (κ1) is 12.9. The smallest absolute Gasteiger partial charge is 0.333 e. The fourth-order valence-electron chi connectivity index (χ4n) is 1.72. The van der Waals surface area contributed by atoms with Crippen molar-refractivity contribution in [2.45, 2.75) is 6.04 Å². The van der Waals surface area contributed by atoms with E-state index in [-0.39, 0.29) is 0 Å². The maximum atomic E-state index is 11.9. The Kier molecular flexibility index (Phi) is 3.97. The predicted octanol–water partition coefficient (Wildman–Crippen LogP) is 1.99. The number of carbonyl (C=O) groups is 1. The van der Waals surface area contributed by atoms with Crippen molar-refractivity contribution in [1.82, 2.24) is 4.98 Å². The van der Waals surface area contributed by atoms with Crippen LogP contribution in [0.3, 0.4) is 0 Å². The van der Waals surface area contributed by atoms with Crippen LogP contribution >= 0.6 is 0 Å². The van der Waals surface area contributed by atoms with Crippen molar-refractivity contribution in [1.29, 1.82) is 0 Å². The summed E-state index contributed by atoms with van der Waals surface area (Å²) >= 11 is 0. The first-order valence-electron chi connectivity index (χ1n) is 5.82. The molecule has 2 aromatic rings. The number of aromatic nitrogens is 1. The Morgan fingerprint density at radius 1 is 1.26 bits per heavy atom. The summed E-state index contributed by atoms with van der Waals surface area (Å²) in [7, 11) is 1.35. The molecule has 0 aliphatic carbocycles. The quantitative estimate of drug-likeness (QED) is 0.819. The predicted molar refractivity (Wildman–Crippen MR) is 73.5 cm³/mol. The van der Waals surface area contributed by atoms with Crippen molar-refractivity contribution in [2.75, 3.05) is 18.2 Å². The number of hydrogen-bond donors (Lipinski definition) is 2. The summed E-state index contributed by atoms with van der Waals surface area (Å²) in [5, 5.41) is 3.00. The van der Waals surface area contributed by atoms with Crippen LogP contribution in [-0.4, -0.2) is 18.1 Å². The van der Waals surface area contributed by atoms with Gasteiger partial charge in [-0.25, -0.2) is 9.78 Å². The fraction of sp³-hybridized carbons (Fsp3) is 0.143. The lowest BCUT2D eigenvalue weighted by Gasteiger charge is -2.18. The van der Waals surface area contributed by atoms with Crippen LogP contribution in [0, 0.1) is 0 Å². The molecule has 0 fully saturated rings. The number of benzene rings is 1. The molecule has 0 radical (unpaired) electrons. The highest BCUT2D eigenvalue weighted by Crippen LogP contribution is 2.22. The van der Waals surface area contributed by atoms with Crippen LogP contribution in [-0.2, 0) is 9.53 Å². The highest BCUT2D eigenvalue weighted by molar-refractivity contribution is 5.81. The lowest BCUT2D eigenvalue weighted by Crippen LogP contribution is -2.23. The topological polar surface area (TPSA) is 77.2 Å². The monoisotopic (exact) mass is 257 g/mol. The summed E-state index contributed by atoms with van der Waals surface area (Å²) in [6, 6.07) is 12.1. The molecule has 0 aliphatic heterocycles. The second-order valence-corrected chi connectivity index (χ2v) is 3.95. The van der Waals surface area contributed by atoms with Gasteiger partial charge in [0, 0.05) is 6.20 Å². The molecule has 2 rings (SSSR count). The van der Waals surface area contributed by atoms with Crippen molar-refractivity contribution in [3.63, 3.8) is 0 Å². The van der Waals surface area contributed by atoms with E-state index in [1.807, 2.05) is 30.3 Å². The van der Waals surface area contributed by atoms with Gasteiger partial charge in [0.2, 0.25) is 0 Å². The van der Waals surface area contributed by atoms with Crippen LogP contribution in [0.5, 0.6) is 0 Å². The summed E-state index contributed by atoms with van der Waals surface area (Å²) in [5.41, 5.74) is 7.08. The molecule has 98 valence electrons. The number of esters is 1. The van der Waals surface area contributed by atoms with Crippen LogP contribution in [0.25, 0.3) is 0 Å². The molecule has 1 aromatic heterocycles. The molecule has 1 atom stereocenters. The minimum Gasteiger partial charge on any atom is -0.467 e. The second kappa shape index (κ2) is 5.86. The number of nitrogens with two attached hydrogens (primary N) is 1. The van der Waals surface area contributed by atoms with Crippen LogP contribution in [0.1, 0.15) is 11.6 Å². The maximum Gasteiger partial charge on any atom is 0.333 e. The van der Waals surface area contributed by atoms with E-state index in [1.165, 1.54) is 7.11 Å². The number of carbonyl (C=O) groups excluding carboxylic acids is 1. The van der Waals surface area contributed by atoms with E-state index in [1.54, 1.807) is 18.3 Å². The van der Waals surface area contributed by atoms with Gasteiger partial charge < -0.3 is 15.8 Å². The minimum atomic E-state index is -0.636. The molecular formula is C14H15N3O2. The Morgan fingerprint density at radius 3 is 2.63 bits per heavy atom. The van der Waals surface area contributed by atoms with Crippen molar-refractivity contribution in [2.24, 2.45) is 0 Å². The lowest BCUT2D eigenvalue weighted by molar-refractivity contribution is -0.141. The van der Waals surface area contributed by atoms with Gasteiger partial charge in [-0.15, -0.1) is 0 Å². The average Bonchev–Trinajstić information content (AvgIpc) is 2.46. The third-order valence-electron chi connectivity index (χ3n) is 2.69. The van der Waals surface area contributed by atoms with Crippen LogP contribution < -0.4 is 11.1 Å². The van der Waals surface area contributed by atoms with E-state index in [0.29, 0.717) is 11.5 Å². The molecule has 5 nitrogen and oxygen atoms in total. The van der Waals surface area contributed by atoms with Crippen LogP contribution in [0.2, 0.25) is 0 Å². The summed E-state index contributed by atoms with van der Waals surface area (Å²) in [6.07, 6.45) is 1.61. The van der Waals surface area contributed by atoms with Gasteiger partial charge in [-0.2, -0.15) is 0 Å². The molecular weight excluding hydrogens is 242 g/mol. The summed E-state index contributed by atoms with van der Waals surface area (Å²) in [4.78, 5) is 16.0. The molecule has 0 aliphatic rings. The number of nitrogens with one attached hydrogen (secondary N) is 1. The standard InChI is InChI=1S/C14H15N3O2/c1-19-14(18)12(10-6-3-2-4-7-10)17-13-11(15)8-5-9-16-13/h2-9,12H,15H2,1H3,(H,16,17). The largest absolute Gasteiger partial charge is 0.467 e. The highest BCUT2D eigenvalue weighted by Gasteiger charge is 2.22. The van der Waals surface area contributed by atoms with E-state index in [0.717, 1.165) is 5.56 Å². The molecule has 0 bridgehead atoms. The molecule has 19 heavy (non-hydrogen) atoms. The first-order valence-corrected chi connectivity index (χ1v) is 5.82. The van der Waals surface area contributed by atoms with Gasteiger partial charge in [0.25, 0.3) is 0 Å². The normalized spacial score (nSPS) is 11.6. The molecule has 0 saturated carbocycles. The number of nitrogen functional groups attached to an aromatic ring is 1. The lowest BCUT2D eigenvalue weighted by atomic mass is 10.1. The average molecular weight is 257 g/mol. The highest BCUT2D eigenvalue weighted by atomic mass is 16.5. The second-order valence-electron chi connectivity index (χ2n) is 3.95. The molecule has 1 aromatic carbocycles. The summed E-state index contributed by atoms with van der Waals surface area (Å²) in [6.45, 7) is 0. The SMILES string of the molecule is COC(=O)C(Nc1ncccc1N)c1ccccc1. The number of rotatable bonds is 4. The zero-order valence-corrected chi connectivity index (χ0v) is 10.5. The Morgan fingerprint density at radius 2 is 2.00 bits per heavy atom. The van der Waals surface area contributed by atoms with Crippen molar-refractivity contribution in [3.05, 3.63) is 54.2 Å². The van der Waals surface area contributed by atoms with Gasteiger partial charge in [0.1, 0.15) is 5.82 Å². The van der Waals surface area contributed by atoms with E-state index in [9.17, 15) is 4.79 Å². The zero-order valence-electron chi connectivity index (χ0n) is 10.5. The van der Waals surface area contributed by atoms with Crippen molar-refractivity contribution >= 4 is 17.5 Å². The van der Waals surface area contributed by atoms with E-state index < -0.39 is 12.0 Å². The number of pyridine rings is 1. The van der Waals surface area contributed by atoms with Crippen LogP contribution in [0.15, 0.2) is 48.7 Å².